The average Bonchev–Trinajstić information content (AvgIpc) is 3.13. The van der Waals surface area contributed by atoms with Crippen LogP contribution in [0, 0.1) is 0 Å². The van der Waals surface area contributed by atoms with Gasteiger partial charge in [-0.05, 0) is 36.2 Å². The summed E-state index contributed by atoms with van der Waals surface area (Å²) in [6, 6.07) is 12.6. The maximum atomic E-state index is 12.8. The van der Waals surface area contributed by atoms with Crippen molar-refractivity contribution in [2.75, 3.05) is 12.4 Å². The van der Waals surface area contributed by atoms with Gasteiger partial charge >= 0.3 is 5.97 Å². The van der Waals surface area contributed by atoms with E-state index in [-0.39, 0.29) is 11.7 Å². The molecule has 8 heteroatoms. The lowest BCUT2D eigenvalue weighted by Crippen LogP contribution is -2.49. The number of fused-ring (bicyclic) bond motifs is 2. The highest BCUT2D eigenvalue weighted by atomic mass is 32.2. The van der Waals surface area contributed by atoms with Gasteiger partial charge in [0.2, 0.25) is 5.91 Å². The monoisotopic (exact) mass is 428 g/mol. The molecule has 0 saturated carbocycles. The van der Waals surface area contributed by atoms with Crippen molar-refractivity contribution < 1.29 is 19.4 Å². The molecular formula is C21H20N2O4S2. The number of ether oxygens (including phenoxy) is 1. The van der Waals surface area contributed by atoms with Crippen LogP contribution in [0.15, 0.2) is 46.8 Å². The number of nitrogens with zero attached hydrogens (tertiary/aromatic N) is 2. The van der Waals surface area contributed by atoms with Crippen LogP contribution in [0.1, 0.15) is 18.1 Å². The van der Waals surface area contributed by atoms with Crippen LogP contribution in [0.2, 0.25) is 0 Å². The minimum absolute atomic E-state index is 0.157. The van der Waals surface area contributed by atoms with Gasteiger partial charge in [-0.2, -0.15) is 0 Å². The first-order valence-corrected chi connectivity index (χ1v) is 11.1. The molecule has 0 fully saturated rings. The molecule has 2 heterocycles. The molecule has 1 N–H and O–H groups in total. The molecule has 2 aromatic carbocycles. The lowest BCUT2D eigenvalue weighted by atomic mass is 9.94. The summed E-state index contributed by atoms with van der Waals surface area (Å²) in [5, 5.41) is 9.61. The van der Waals surface area contributed by atoms with Crippen LogP contribution in [-0.4, -0.2) is 45.3 Å². The molecule has 4 rings (SSSR count). The second kappa shape index (κ2) is 8.42. The molecule has 0 unspecified atom stereocenters. The Kier molecular flexibility index (Phi) is 5.73. The van der Waals surface area contributed by atoms with Crippen LogP contribution in [0.25, 0.3) is 10.2 Å². The van der Waals surface area contributed by atoms with Gasteiger partial charge in [-0.3, -0.25) is 4.79 Å². The first kappa shape index (κ1) is 19.7. The summed E-state index contributed by atoms with van der Waals surface area (Å²) < 4.78 is 7.30. The summed E-state index contributed by atoms with van der Waals surface area (Å²) in [6.07, 6.45) is 0.337. The lowest BCUT2D eigenvalue weighted by Gasteiger charge is -2.34. The van der Waals surface area contributed by atoms with Gasteiger partial charge in [0.15, 0.2) is 4.34 Å². The number of thiazole rings is 1. The molecule has 1 aliphatic heterocycles. The van der Waals surface area contributed by atoms with Crippen molar-refractivity contribution in [1.82, 2.24) is 9.88 Å². The molecule has 1 aromatic heterocycles. The van der Waals surface area contributed by atoms with E-state index >= 15 is 0 Å². The molecular weight excluding hydrogens is 408 g/mol. The maximum absolute atomic E-state index is 12.8. The molecule has 0 radical (unpaired) electrons. The van der Waals surface area contributed by atoms with Gasteiger partial charge in [0.05, 0.1) is 22.6 Å². The number of amides is 1. The van der Waals surface area contributed by atoms with Crippen LogP contribution < -0.4 is 4.74 Å². The summed E-state index contributed by atoms with van der Waals surface area (Å²) in [4.78, 5) is 30.6. The minimum atomic E-state index is -0.971. The third kappa shape index (κ3) is 4.23. The Hall–Kier alpha value is -2.58. The molecule has 3 aromatic rings. The van der Waals surface area contributed by atoms with E-state index in [1.165, 1.54) is 28.0 Å². The van der Waals surface area contributed by atoms with E-state index < -0.39 is 12.0 Å². The summed E-state index contributed by atoms with van der Waals surface area (Å²) >= 11 is 2.85. The maximum Gasteiger partial charge on any atom is 0.326 e. The van der Waals surface area contributed by atoms with Gasteiger partial charge in [0.1, 0.15) is 11.8 Å². The Morgan fingerprint density at radius 1 is 1.28 bits per heavy atom. The van der Waals surface area contributed by atoms with Crippen molar-refractivity contribution in [3.8, 4) is 5.75 Å². The van der Waals surface area contributed by atoms with Gasteiger partial charge in [-0.15, -0.1) is 11.3 Å². The molecule has 0 spiro atoms. The number of hydrogen-bond donors (Lipinski definition) is 1. The van der Waals surface area contributed by atoms with Crippen molar-refractivity contribution in [3.63, 3.8) is 0 Å². The molecule has 1 aliphatic rings. The number of benzene rings is 2. The van der Waals surface area contributed by atoms with Crippen LogP contribution in [-0.2, 0) is 22.6 Å². The Bertz CT molecular complexity index is 1070. The van der Waals surface area contributed by atoms with Crippen molar-refractivity contribution in [3.05, 3.63) is 53.6 Å². The molecule has 0 bridgehead atoms. The number of carboxylic acids is 1. The summed E-state index contributed by atoms with van der Waals surface area (Å²) in [7, 11) is 0. The molecule has 150 valence electrons. The second-order valence-corrected chi connectivity index (χ2v) is 8.93. The van der Waals surface area contributed by atoms with Crippen LogP contribution in [0.3, 0.4) is 0 Å². The second-order valence-electron chi connectivity index (χ2n) is 6.68. The van der Waals surface area contributed by atoms with E-state index in [1.54, 1.807) is 0 Å². The van der Waals surface area contributed by atoms with Gasteiger partial charge in [-0.1, -0.05) is 36.0 Å². The third-order valence-electron chi connectivity index (χ3n) is 4.82. The third-order valence-corrected chi connectivity index (χ3v) is 6.97. The van der Waals surface area contributed by atoms with E-state index in [0.717, 1.165) is 31.4 Å². The number of carboxylic acid groups (broad SMARTS) is 1. The Morgan fingerprint density at radius 3 is 2.83 bits per heavy atom. The van der Waals surface area contributed by atoms with E-state index in [4.69, 9.17) is 4.74 Å². The average molecular weight is 429 g/mol. The van der Waals surface area contributed by atoms with Crippen LogP contribution >= 0.6 is 23.1 Å². The Morgan fingerprint density at radius 2 is 2.07 bits per heavy atom. The fraction of sp³-hybridized carbons (Fsp3) is 0.286. The van der Waals surface area contributed by atoms with Gasteiger partial charge < -0.3 is 14.7 Å². The van der Waals surface area contributed by atoms with Crippen molar-refractivity contribution in [1.29, 1.82) is 0 Å². The minimum Gasteiger partial charge on any atom is -0.494 e. The molecule has 1 atom stereocenters. The van der Waals surface area contributed by atoms with Crippen molar-refractivity contribution in [2.24, 2.45) is 0 Å². The summed E-state index contributed by atoms with van der Waals surface area (Å²) in [5.74, 6) is -0.204. The molecule has 0 saturated heterocycles. The number of aromatic nitrogens is 1. The number of carbonyl (C=O) groups is 2. The molecule has 1 amide bonds. The molecule has 0 aliphatic carbocycles. The fourth-order valence-electron chi connectivity index (χ4n) is 3.41. The number of rotatable bonds is 6. The first-order valence-electron chi connectivity index (χ1n) is 9.30. The zero-order chi connectivity index (χ0) is 20.4. The number of aliphatic carboxylic acids is 1. The van der Waals surface area contributed by atoms with E-state index in [9.17, 15) is 14.7 Å². The largest absolute Gasteiger partial charge is 0.494 e. The SMILES string of the molecule is CCOc1ccc2nc(SCC(=O)N3Cc4ccccc4C[C@H]3C(=O)O)sc2c1. The number of carbonyl (C=O) groups excluding carboxylic acids is 1. The van der Waals surface area contributed by atoms with Crippen LogP contribution in [0.4, 0.5) is 0 Å². The van der Waals surface area contributed by atoms with Gasteiger partial charge in [0.25, 0.3) is 0 Å². The zero-order valence-corrected chi connectivity index (χ0v) is 17.5. The molecule has 6 nitrogen and oxygen atoms in total. The van der Waals surface area contributed by atoms with Gasteiger partial charge in [-0.25, -0.2) is 9.78 Å². The Balaban J connectivity index is 1.47. The quantitative estimate of drug-likeness (QED) is 0.601. The number of hydrogen-bond acceptors (Lipinski definition) is 6. The smallest absolute Gasteiger partial charge is 0.326 e. The van der Waals surface area contributed by atoms with Crippen molar-refractivity contribution >= 4 is 45.2 Å². The topological polar surface area (TPSA) is 79.7 Å². The fourth-order valence-corrected chi connectivity index (χ4v) is 5.40. The highest BCUT2D eigenvalue weighted by molar-refractivity contribution is 8.01. The first-order chi connectivity index (χ1) is 14.0. The standard InChI is InChI=1S/C21H20N2O4S2/c1-2-27-15-7-8-16-18(10-15)29-21(22-16)28-12-19(24)23-11-14-6-4-3-5-13(14)9-17(23)20(25)26/h3-8,10,17H,2,9,11-12H2,1H3,(H,25,26)/t17-/m0/s1. The predicted octanol–water partition coefficient (Wildman–Crippen LogP) is 3.83. The van der Waals surface area contributed by atoms with E-state index in [2.05, 4.69) is 4.98 Å². The number of thioether (sulfide) groups is 1. The van der Waals surface area contributed by atoms with E-state index in [0.29, 0.717) is 19.6 Å². The van der Waals surface area contributed by atoms with Crippen molar-refractivity contribution in [2.45, 2.75) is 30.3 Å². The summed E-state index contributed by atoms with van der Waals surface area (Å²) in [5.41, 5.74) is 2.86. The van der Waals surface area contributed by atoms with Gasteiger partial charge in [0, 0.05) is 13.0 Å². The van der Waals surface area contributed by atoms with E-state index in [1.807, 2.05) is 49.4 Å². The normalized spacial score (nSPS) is 15.9. The summed E-state index contributed by atoms with van der Waals surface area (Å²) in [6.45, 7) is 2.86. The zero-order valence-electron chi connectivity index (χ0n) is 15.8. The Labute approximate surface area is 176 Å². The van der Waals surface area contributed by atoms with Crippen LogP contribution in [0.5, 0.6) is 5.75 Å². The highest BCUT2D eigenvalue weighted by Crippen LogP contribution is 2.32. The molecule has 29 heavy (non-hydrogen) atoms. The predicted molar refractivity (Wildman–Crippen MR) is 114 cm³/mol. The lowest BCUT2D eigenvalue weighted by molar-refractivity contribution is -0.150. The highest BCUT2D eigenvalue weighted by Gasteiger charge is 2.34.